The summed E-state index contributed by atoms with van der Waals surface area (Å²) in [5.74, 6) is 2.86. The minimum atomic E-state index is -0.335. The summed E-state index contributed by atoms with van der Waals surface area (Å²) in [6, 6.07) is 6.84. The van der Waals surface area contributed by atoms with Gasteiger partial charge in [-0.2, -0.15) is 0 Å². The van der Waals surface area contributed by atoms with E-state index in [1.54, 1.807) is 31.2 Å². The maximum atomic E-state index is 12.9. The van der Waals surface area contributed by atoms with Gasteiger partial charge in [0, 0.05) is 5.41 Å². The lowest BCUT2D eigenvalue weighted by atomic mass is 9.48. The van der Waals surface area contributed by atoms with Crippen LogP contribution < -0.4 is 4.74 Å². The van der Waals surface area contributed by atoms with Crippen LogP contribution in [-0.4, -0.2) is 25.0 Å². The molecule has 4 aliphatic rings. The summed E-state index contributed by atoms with van der Waals surface area (Å²) >= 11 is 0. The van der Waals surface area contributed by atoms with Crippen molar-refractivity contribution in [2.24, 2.45) is 23.2 Å². The van der Waals surface area contributed by atoms with Crippen molar-refractivity contribution in [3.63, 3.8) is 0 Å². The zero-order valence-corrected chi connectivity index (χ0v) is 14.8. The molecule has 4 nitrogen and oxygen atoms in total. The van der Waals surface area contributed by atoms with E-state index in [2.05, 4.69) is 0 Å². The summed E-state index contributed by atoms with van der Waals surface area (Å²) < 4.78 is 10.7. The Hall–Kier alpha value is -1.84. The summed E-state index contributed by atoms with van der Waals surface area (Å²) in [5, 5.41) is 0. The predicted octanol–water partition coefficient (Wildman–Crippen LogP) is 4.03. The number of carbonyl (C=O) groups is 2. The molecule has 5 rings (SSSR count). The summed E-state index contributed by atoms with van der Waals surface area (Å²) in [6.07, 6.45) is 7.23. The number of rotatable bonds is 6. The Bertz CT molecular complexity index is 626. The van der Waals surface area contributed by atoms with Crippen LogP contribution in [0, 0.1) is 23.2 Å². The minimum Gasteiger partial charge on any atom is -0.486 e. The van der Waals surface area contributed by atoms with Gasteiger partial charge in [-0.25, -0.2) is 4.79 Å². The van der Waals surface area contributed by atoms with E-state index in [9.17, 15) is 9.59 Å². The lowest BCUT2D eigenvalue weighted by Gasteiger charge is -2.55. The first kappa shape index (κ1) is 16.6. The Morgan fingerprint density at radius 3 is 2.08 bits per heavy atom. The van der Waals surface area contributed by atoms with Gasteiger partial charge in [0.2, 0.25) is 0 Å². The molecule has 1 aromatic rings. The smallest absolute Gasteiger partial charge is 0.338 e. The van der Waals surface area contributed by atoms with Gasteiger partial charge in [-0.1, -0.05) is 0 Å². The number of Topliss-reactive ketones (excluding diaryl/α,β-unsaturated/α-hetero) is 1. The second-order valence-electron chi connectivity index (χ2n) is 8.15. The fraction of sp³-hybridized carbons (Fsp3) is 0.619. The quantitative estimate of drug-likeness (QED) is 0.733. The summed E-state index contributed by atoms with van der Waals surface area (Å²) in [7, 11) is 0. The van der Waals surface area contributed by atoms with Crippen LogP contribution in [0.25, 0.3) is 0 Å². The highest BCUT2D eigenvalue weighted by atomic mass is 16.5. The van der Waals surface area contributed by atoms with Gasteiger partial charge >= 0.3 is 5.97 Å². The maximum absolute atomic E-state index is 12.9. The lowest BCUT2D eigenvalue weighted by molar-refractivity contribution is -0.145. The zero-order valence-electron chi connectivity index (χ0n) is 14.8. The van der Waals surface area contributed by atoms with E-state index in [1.165, 1.54) is 19.3 Å². The zero-order chi connectivity index (χ0) is 17.4. The van der Waals surface area contributed by atoms with Crippen molar-refractivity contribution < 1.29 is 19.1 Å². The molecule has 0 unspecified atom stereocenters. The van der Waals surface area contributed by atoms with Gasteiger partial charge in [-0.15, -0.1) is 0 Å². The fourth-order valence-electron chi connectivity index (χ4n) is 5.66. The first-order valence-electron chi connectivity index (χ1n) is 9.51. The van der Waals surface area contributed by atoms with E-state index in [4.69, 9.17) is 9.47 Å². The van der Waals surface area contributed by atoms with Crippen LogP contribution in [0.2, 0.25) is 0 Å². The molecular weight excluding hydrogens is 316 g/mol. The summed E-state index contributed by atoms with van der Waals surface area (Å²) in [5.41, 5.74) is 0.390. The van der Waals surface area contributed by atoms with Gasteiger partial charge in [-0.05, 0) is 87.5 Å². The third kappa shape index (κ3) is 3.19. The number of ketones is 1. The maximum Gasteiger partial charge on any atom is 0.338 e. The molecule has 0 radical (unpaired) electrons. The molecule has 0 spiro atoms. The SMILES string of the molecule is CCOC(=O)c1ccc(OCC(=O)C23CC4CC(CC(C4)C2)C3)cc1. The summed E-state index contributed by atoms with van der Waals surface area (Å²) in [4.78, 5) is 24.6. The van der Waals surface area contributed by atoms with Crippen LogP contribution in [0.4, 0.5) is 0 Å². The summed E-state index contributed by atoms with van der Waals surface area (Å²) in [6.45, 7) is 2.28. The van der Waals surface area contributed by atoms with E-state index < -0.39 is 0 Å². The van der Waals surface area contributed by atoms with Gasteiger partial charge in [0.05, 0.1) is 12.2 Å². The van der Waals surface area contributed by atoms with Gasteiger partial charge in [-0.3, -0.25) is 4.79 Å². The van der Waals surface area contributed by atoms with Crippen molar-refractivity contribution in [2.45, 2.75) is 45.4 Å². The molecule has 4 aliphatic carbocycles. The number of ether oxygens (including phenoxy) is 2. The second-order valence-corrected chi connectivity index (χ2v) is 8.15. The number of benzene rings is 1. The second kappa shape index (κ2) is 6.47. The molecule has 134 valence electrons. The molecule has 0 atom stereocenters. The van der Waals surface area contributed by atoms with Gasteiger partial charge in [0.1, 0.15) is 12.4 Å². The Morgan fingerprint density at radius 1 is 1.00 bits per heavy atom. The predicted molar refractivity (Wildman–Crippen MR) is 93.5 cm³/mol. The molecule has 4 heteroatoms. The van der Waals surface area contributed by atoms with Crippen LogP contribution in [-0.2, 0) is 9.53 Å². The lowest BCUT2D eigenvalue weighted by Crippen LogP contribution is -2.51. The molecule has 25 heavy (non-hydrogen) atoms. The Morgan fingerprint density at radius 2 is 1.56 bits per heavy atom. The van der Waals surface area contributed by atoms with Gasteiger partial charge in [0.25, 0.3) is 0 Å². The standard InChI is InChI=1S/C21H26O4/c1-2-24-20(23)17-3-5-18(6-4-17)25-13-19(22)21-10-14-7-15(11-21)9-16(8-14)12-21/h3-6,14-16H,2,7-13H2,1H3. The highest BCUT2D eigenvalue weighted by Gasteiger charge is 2.54. The monoisotopic (exact) mass is 342 g/mol. The van der Waals surface area contributed by atoms with Crippen molar-refractivity contribution in [1.29, 1.82) is 0 Å². The highest BCUT2D eigenvalue weighted by molar-refractivity contribution is 5.89. The first-order chi connectivity index (χ1) is 12.1. The first-order valence-corrected chi connectivity index (χ1v) is 9.51. The average Bonchev–Trinajstić information content (AvgIpc) is 2.59. The van der Waals surface area contributed by atoms with E-state index in [0.29, 0.717) is 17.9 Å². The number of hydrogen-bond acceptors (Lipinski definition) is 4. The van der Waals surface area contributed by atoms with E-state index in [1.807, 2.05) is 0 Å². The van der Waals surface area contributed by atoms with Crippen molar-refractivity contribution in [2.75, 3.05) is 13.2 Å². The van der Waals surface area contributed by atoms with Crippen molar-refractivity contribution in [3.05, 3.63) is 29.8 Å². The normalized spacial score (nSPS) is 32.4. The molecule has 0 amide bonds. The molecule has 4 saturated carbocycles. The van der Waals surface area contributed by atoms with E-state index in [-0.39, 0.29) is 23.8 Å². The largest absolute Gasteiger partial charge is 0.486 e. The van der Waals surface area contributed by atoms with Crippen LogP contribution in [0.5, 0.6) is 5.75 Å². The molecule has 0 N–H and O–H groups in total. The Labute approximate surface area is 148 Å². The average molecular weight is 342 g/mol. The van der Waals surface area contributed by atoms with Crippen LogP contribution in [0.1, 0.15) is 55.8 Å². The molecule has 0 heterocycles. The van der Waals surface area contributed by atoms with Gasteiger partial charge in [0.15, 0.2) is 5.78 Å². The van der Waals surface area contributed by atoms with Crippen molar-refractivity contribution >= 4 is 11.8 Å². The number of esters is 1. The molecule has 1 aromatic carbocycles. The molecule has 4 fully saturated rings. The van der Waals surface area contributed by atoms with E-state index in [0.717, 1.165) is 37.0 Å². The van der Waals surface area contributed by atoms with Crippen LogP contribution >= 0.6 is 0 Å². The highest BCUT2D eigenvalue weighted by Crippen LogP contribution is 2.60. The third-order valence-electron chi connectivity index (χ3n) is 6.37. The van der Waals surface area contributed by atoms with E-state index >= 15 is 0 Å². The fourth-order valence-corrected chi connectivity index (χ4v) is 5.66. The van der Waals surface area contributed by atoms with Crippen molar-refractivity contribution in [1.82, 2.24) is 0 Å². The molecular formula is C21H26O4. The molecule has 0 aromatic heterocycles. The third-order valence-corrected chi connectivity index (χ3v) is 6.37. The Balaban J connectivity index is 1.37. The van der Waals surface area contributed by atoms with Crippen LogP contribution in [0.3, 0.4) is 0 Å². The molecule has 4 bridgehead atoms. The van der Waals surface area contributed by atoms with Gasteiger partial charge < -0.3 is 9.47 Å². The topological polar surface area (TPSA) is 52.6 Å². The number of carbonyl (C=O) groups excluding carboxylic acids is 2. The van der Waals surface area contributed by atoms with Crippen molar-refractivity contribution in [3.8, 4) is 5.75 Å². The Kier molecular flexibility index (Phi) is 4.30. The van der Waals surface area contributed by atoms with Crippen LogP contribution in [0.15, 0.2) is 24.3 Å². The molecule has 0 aliphatic heterocycles. The minimum absolute atomic E-state index is 0.111. The number of hydrogen-bond donors (Lipinski definition) is 0. The molecule has 0 saturated heterocycles.